The molecule has 0 spiro atoms. The van der Waals surface area contributed by atoms with Gasteiger partial charge in [0.05, 0.1) is 6.54 Å². The molecule has 1 aliphatic rings. The number of nitrogens with one attached hydrogen (secondary N) is 2. The van der Waals surface area contributed by atoms with Crippen LogP contribution in [-0.2, 0) is 14.3 Å². The monoisotopic (exact) mass is 505 g/mol. The Morgan fingerprint density at radius 1 is 1.11 bits per heavy atom. The Labute approximate surface area is 215 Å². The summed E-state index contributed by atoms with van der Waals surface area (Å²) in [6, 6.07) is 7.06. The summed E-state index contributed by atoms with van der Waals surface area (Å²) >= 11 is 0. The van der Waals surface area contributed by atoms with Gasteiger partial charge in [-0.1, -0.05) is 6.92 Å². The summed E-state index contributed by atoms with van der Waals surface area (Å²) in [5.41, 5.74) is -0.0429. The van der Waals surface area contributed by atoms with Gasteiger partial charge in [-0.05, 0) is 85.1 Å². The van der Waals surface area contributed by atoms with Gasteiger partial charge in [0, 0.05) is 31.4 Å². The smallest absolute Gasteiger partial charge is 0.407 e. The standard InChI is InChI=1S/C26H43N5O5/c1-7-30-15-8-9-21(30)19-31(17-16-29(5)6)24(33)23(32)28-20-10-12-22(13-11-20)35-18-14-27-25(34)36-26(2,3)4/h10-13,21H,7-9,14-19H2,1-6H3,(H,27,34)(H,28,32). The van der Waals surface area contributed by atoms with E-state index < -0.39 is 23.5 Å². The van der Waals surface area contributed by atoms with Crippen molar-refractivity contribution in [1.82, 2.24) is 20.0 Å². The van der Waals surface area contributed by atoms with Gasteiger partial charge >= 0.3 is 17.9 Å². The van der Waals surface area contributed by atoms with Gasteiger partial charge in [0.2, 0.25) is 0 Å². The van der Waals surface area contributed by atoms with Crippen LogP contribution in [0.4, 0.5) is 10.5 Å². The molecule has 3 amide bonds. The number of hydrogen-bond acceptors (Lipinski definition) is 7. The molecule has 2 rings (SSSR count). The van der Waals surface area contributed by atoms with E-state index in [2.05, 4.69) is 22.5 Å². The fraction of sp³-hybridized carbons (Fsp3) is 0.654. The van der Waals surface area contributed by atoms with Crippen LogP contribution in [0, 0.1) is 0 Å². The van der Waals surface area contributed by atoms with Crippen LogP contribution < -0.4 is 15.4 Å². The molecule has 1 atom stereocenters. The Balaban J connectivity index is 1.86. The summed E-state index contributed by atoms with van der Waals surface area (Å²) < 4.78 is 10.8. The third-order valence-electron chi connectivity index (χ3n) is 5.79. The highest BCUT2D eigenvalue weighted by Gasteiger charge is 2.29. The zero-order valence-electron chi connectivity index (χ0n) is 22.6. The van der Waals surface area contributed by atoms with E-state index in [1.165, 1.54) is 0 Å². The summed E-state index contributed by atoms with van der Waals surface area (Å²) in [6.07, 6.45) is 1.66. The van der Waals surface area contributed by atoms with Crippen LogP contribution in [0.15, 0.2) is 24.3 Å². The molecule has 0 radical (unpaired) electrons. The quantitative estimate of drug-likeness (QED) is 0.352. The molecule has 10 heteroatoms. The Kier molecular flexibility index (Phi) is 11.5. The topological polar surface area (TPSA) is 103 Å². The molecule has 2 N–H and O–H groups in total. The van der Waals surface area contributed by atoms with Crippen molar-refractivity contribution in [3.63, 3.8) is 0 Å². The normalized spacial score (nSPS) is 16.0. The second kappa shape index (κ2) is 14.0. The molecule has 1 aromatic rings. The lowest BCUT2D eigenvalue weighted by molar-refractivity contribution is -0.143. The Bertz CT molecular complexity index is 853. The second-order valence-electron chi connectivity index (χ2n) is 10.2. The SMILES string of the molecule is CCN1CCCC1CN(CCN(C)C)C(=O)C(=O)Nc1ccc(OCCNC(=O)OC(C)(C)C)cc1. The van der Waals surface area contributed by atoms with Gasteiger partial charge in [-0.3, -0.25) is 14.5 Å². The minimum atomic E-state index is -0.648. The number of anilines is 1. The summed E-state index contributed by atoms with van der Waals surface area (Å²) in [5, 5.41) is 5.33. The van der Waals surface area contributed by atoms with Crippen LogP contribution in [0.5, 0.6) is 5.75 Å². The summed E-state index contributed by atoms with van der Waals surface area (Å²) in [4.78, 5) is 43.5. The summed E-state index contributed by atoms with van der Waals surface area (Å²) in [6.45, 7) is 11.8. The minimum Gasteiger partial charge on any atom is -0.492 e. The van der Waals surface area contributed by atoms with Crippen LogP contribution >= 0.6 is 0 Å². The number of alkyl carbamates (subject to hydrolysis) is 1. The van der Waals surface area contributed by atoms with Crippen molar-refractivity contribution >= 4 is 23.6 Å². The maximum absolute atomic E-state index is 13.0. The number of likely N-dealkylation sites (tertiary alicyclic amines) is 1. The summed E-state index contributed by atoms with van der Waals surface area (Å²) in [5.74, 6) is -0.586. The molecule has 36 heavy (non-hydrogen) atoms. The van der Waals surface area contributed by atoms with Gasteiger partial charge in [0.25, 0.3) is 0 Å². The molecule has 1 unspecified atom stereocenters. The van der Waals surface area contributed by atoms with Gasteiger partial charge in [-0.2, -0.15) is 0 Å². The van der Waals surface area contributed by atoms with E-state index in [9.17, 15) is 14.4 Å². The lowest BCUT2D eigenvalue weighted by Crippen LogP contribution is -2.48. The van der Waals surface area contributed by atoms with E-state index in [0.717, 1.165) is 25.9 Å². The van der Waals surface area contributed by atoms with Crippen molar-refractivity contribution in [3.8, 4) is 5.75 Å². The maximum atomic E-state index is 13.0. The molecule has 202 valence electrons. The number of likely N-dealkylation sites (N-methyl/N-ethyl adjacent to an activating group) is 2. The van der Waals surface area contributed by atoms with E-state index in [-0.39, 0.29) is 12.6 Å². The average Bonchev–Trinajstić information content (AvgIpc) is 3.26. The zero-order chi connectivity index (χ0) is 26.7. The largest absolute Gasteiger partial charge is 0.492 e. The number of benzene rings is 1. The van der Waals surface area contributed by atoms with Crippen LogP contribution in [0.3, 0.4) is 0 Å². The molecule has 1 aliphatic heterocycles. The molecular weight excluding hydrogens is 462 g/mol. The van der Waals surface area contributed by atoms with E-state index in [1.54, 1.807) is 49.9 Å². The second-order valence-corrected chi connectivity index (χ2v) is 10.2. The van der Waals surface area contributed by atoms with Gasteiger partial charge in [-0.25, -0.2) is 4.79 Å². The van der Waals surface area contributed by atoms with Gasteiger partial charge < -0.3 is 29.9 Å². The van der Waals surface area contributed by atoms with Crippen LogP contribution in [0.25, 0.3) is 0 Å². The van der Waals surface area contributed by atoms with Crippen LogP contribution in [-0.4, -0.2) is 104 Å². The third-order valence-corrected chi connectivity index (χ3v) is 5.79. The first-order valence-electron chi connectivity index (χ1n) is 12.7. The fourth-order valence-corrected chi connectivity index (χ4v) is 3.97. The number of rotatable bonds is 11. The van der Waals surface area contributed by atoms with Crippen molar-refractivity contribution in [2.45, 2.75) is 52.2 Å². The number of nitrogens with zero attached hydrogens (tertiary/aromatic N) is 3. The van der Waals surface area contributed by atoms with Crippen LogP contribution in [0.1, 0.15) is 40.5 Å². The van der Waals surface area contributed by atoms with Crippen molar-refractivity contribution in [1.29, 1.82) is 0 Å². The maximum Gasteiger partial charge on any atom is 0.407 e. The molecular formula is C26H43N5O5. The van der Waals surface area contributed by atoms with E-state index >= 15 is 0 Å². The van der Waals surface area contributed by atoms with Crippen molar-refractivity contribution in [3.05, 3.63) is 24.3 Å². The molecule has 0 aliphatic carbocycles. The third kappa shape index (κ3) is 10.4. The van der Waals surface area contributed by atoms with Crippen molar-refractivity contribution < 1.29 is 23.9 Å². The lowest BCUT2D eigenvalue weighted by atomic mass is 10.2. The molecule has 1 heterocycles. The molecule has 0 bridgehead atoms. The molecule has 0 saturated carbocycles. The highest BCUT2D eigenvalue weighted by atomic mass is 16.6. The van der Waals surface area contributed by atoms with Crippen LogP contribution in [0.2, 0.25) is 0 Å². The highest BCUT2D eigenvalue weighted by molar-refractivity contribution is 6.39. The average molecular weight is 506 g/mol. The number of ether oxygens (including phenoxy) is 2. The molecule has 0 aromatic heterocycles. The van der Waals surface area contributed by atoms with E-state index in [4.69, 9.17) is 9.47 Å². The van der Waals surface area contributed by atoms with E-state index in [1.807, 2.05) is 19.0 Å². The van der Waals surface area contributed by atoms with Crippen molar-refractivity contribution in [2.75, 3.05) is 65.3 Å². The molecule has 1 aromatic carbocycles. The molecule has 1 fully saturated rings. The Hall–Kier alpha value is -2.85. The number of amides is 3. The number of carbonyl (C=O) groups is 3. The first kappa shape index (κ1) is 29.4. The Morgan fingerprint density at radius 3 is 2.42 bits per heavy atom. The number of hydrogen-bond donors (Lipinski definition) is 2. The highest BCUT2D eigenvalue weighted by Crippen LogP contribution is 2.19. The van der Waals surface area contributed by atoms with Gasteiger partial charge in [-0.15, -0.1) is 0 Å². The first-order valence-corrected chi connectivity index (χ1v) is 12.7. The molecule has 10 nitrogen and oxygen atoms in total. The molecule has 1 saturated heterocycles. The van der Waals surface area contributed by atoms with E-state index in [0.29, 0.717) is 37.6 Å². The summed E-state index contributed by atoms with van der Waals surface area (Å²) in [7, 11) is 3.90. The van der Waals surface area contributed by atoms with Crippen molar-refractivity contribution in [2.24, 2.45) is 0 Å². The van der Waals surface area contributed by atoms with Gasteiger partial charge in [0.1, 0.15) is 18.0 Å². The van der Waals surface area contributed by atoms with Gasteiger partial charge in [0.15, 0.2) is 0 Å². The lowest BCUT2D eigenvalue weighted by Gasteiger charge is -2.30. The number of carbonyl (C=O) groups excluding carboxylic acids is 3. The fourth-order valence-electron chi connectivity index (χ4n) is 3.97. The zero-order valence-corrected chi connectivity index (χ0v) is 22.6. The Morgan fingerprint density at radius 2 is 1.81 bits per heavy atom. The minimum absolute atomic E-state index is 0.264. The predicted octanol–water partition coefficient (Wildman–Crippen LogP) is 2.40. The first-order chi connectivity index (χ1) is 17.0. The predicted molar refractivity (Wildman–Crippen MR) is 140 cm³/mol.